The molecule has 34 heavy (non-hydrogen) atoms. The van der Waals surface area contributed by atoms with Crippen molar-refractivity contribution in [3.8, 4) is 0 Å². The van der Waals surface area contributed by atoms with Crippen molar-refractivity contribution in [1.82, 2.24) is 0 Å². The molecule has 0 spiro atoms. The first-order valence-corrected chi connectivity index (χ1v) is 12.1. The monoisotopic (exact) mass is 478 g/mol. The van der Waals surface area contributed by atoms with Crippen molar-refractivity contribution in [1.29, 1.82) is 0 Å². The highest BCUT2D eigenvalue weighted by Gasteiger charge is 2.42. The van der Waals surface area contributed by atoms with Crippen molar-refractivity contribution in [2.45, 2.75) is 104 Å². The van der Waals surface area contributed by atoms with E-state index in [4.69, 9.17) is 9.47 Å². The molecule has 0 aromatic carbocycles. The highest BCUT2D eigenvalue weighted by atomic mass is 16.6. The van der Waals surface area contributed by atoms with Gasteiger partial charge in [0, 0.05) is 31.3 Å². The van der Waals surface area contributed by atoms with E-state index >= 15 is 0 Å². The molecule has 0 amide bonds. The van der Waals surface area contributed by atoms with Gasteiger partial charge in [-0.3, -0.25) is 9.59 Å². The van der Waals surface area contributed by atoms with Gasteiger partial charge in [0.15, 0.2) is 0 Å². The number of allylic oxidation sites excluding steroid dienone is 3. The third-order valence-corrected chi connectivity index (χ3v) is 5.77. The fourth-order valence-corrected chi connectivity index (χ4v) is 3.66. The predicted octanol–water partition coefficient (Wildman–Crippen LogP) is 4.28. The van der Waals surface area contributed by atoms with E-state index in [-0.39, 0.29) is 24.4 Å². The SMILES string of the molecule is CCCCC(=O)O[C@H](C)/C=C(\C)[C@H](O)[C@H](C)/C=C/C=C/CC[C@@H](O)CC1=C(C)C(=O)C(C)(O)O1. The molecule has 0 radical (unpaired) electrons. The minimum atomic E-state index is -1.84. The molecule has 7 heteroatoms. The molecule has 0 saturated carbocycles. The van der Waals surface area contributed by atoms with Gasteiger partial charge in [0.2, 0.25) is 5.78 Å². The maximum absolute atomic E-state index is 11.9. The van der Waals surface area contributed by atoms with Crippen molar-refractivity contribution in [3.05, 3.63) is 47.3 Å². The number of carbonyl (C=O) groups is 2. The van der Waals surface area contributed by atoms with E-state index in [9.17, 15) is 24.9 Å². The molecule has 1 aliphatic heterocycles. The van der Waals surface area contributed by atoms with E-state index in [1.165, 1.54) is 6.92 Å². The van der Waals surface area contributed by atoms with Crippen LogP contribution in [0.5, 0.6) is 0 Å². The number of hydrogen-bond acceptors (Lipinski definition) is 7. The lowest BCUT2D eigenvalue weighted by Crippen LogP contribution is -2.32. The summed E-state index contributed by atoms with van der Waals surface area (Å²) in [7, 11) is 0. The second-order valence-corrected chi connectivity index (χ2v) is 9.22. The van der Waals surface area contributed by atoms with E-state index < -0.39 is 23.8 Å². The number of rotatable bonds is 14. The number of hydrogen-bond donors (Lipinski definition) is 3. The normalized spacial score (nSPS) is 22.9. The summed E-state index contributed by atoms with van der Waals surface area (Å²) in [5.74, 6) is -2.32. The first-order chi connectivity index (χ1) is 15.9. The number of carbonyl (C=O) groups excluding carboxylic acids is 2. The molecule has 0 fully saturated rings. The Hall–Kier alpha value is -2.22. The molecule has 1 rings (SSSR count). The number of aliphatic hydroxyl groups is 3. The number of Topliss-reactive ketones (excluding diaryl/α,β-unsaturated/α-hetero) is 1. The van der Waals surface area contributed by atoms with Crippen LogP contribution in [0.25, 0.3) is 0 Å². The Bertz CT molecular complexity index is 804. The molecule has 1 unspecified atom stereocenters. The van der Waals surface area contributed by atoms with E-state index in [1.54, 1.807) is 19.9 Å². The average Bonchev–Trinajstić information content (AvgIpc) is 2.95. The van der Waals surface area contributed by atoms with Gasteiger partial charge in [-0.25, -0.2) is 0 Å². The van der Waals surface area contributed by atoms with Gasteiger partial charge in [-0.15, -0.1) is 0 Å². The molecule has 0 aromatic heterocycles. The Labute approximate surface area is 203 Å². The van der Waals surface area contributed by atoms with E-state index in [1.807, 2.05) is 45.1 Å². The second-order valence-electron chi connectivity index (χ2n) is 9.22. The van der Waals surface area contributed by atoms with Crippen LogP contribution in [0.1, 0.15) is 80.1 Å². The Balaban J connectivity index is 2.42. The van der Waals surface area contributed by atoms with Crippen molar-refractivity contribution in [2.24, 2.45) is 5.92 Å². The first-order valence-electron chi connectivity index (χ1n) is 12.1. The van der Waals surface area contributed by atoms with E-state index in [0.29, 0.717) is 30.6 Å². The topological polar surface area (TPSA) is 113 Å². The highest BCUT2D eigenvalue weighted by molar-refractivity contribution is 6.02. The van der Waals surface area contributed by atoms with Gasteiger partial charge >= 0.3 is 5.97 Å². The van der Waals surface area contributed by atoms with Gasteiger partial charge in [0.05, 0.1) is 12.2 Å². The van der Waals surface area contributed by atoms with Gasteiger partial charge in [0.25, 0.3) is 5.79 Å². The lowest BCUT2D eigenvalue weighted by atomic mass is 9.97. The van der Waals surface area contributed by atoms with Crippen LogP contribution >= 0.6 is 0 Å². The van der Waals surface area contributed by atoms with Crippen LogP contribution in [0.4, 0.5) is 0 Å². The zero-order chi connectivity index (χ0) is 25.9. The van der Waals surface area contributed by atoms with Crippen LogP contribution in [-0.4, -0.2) is 51.2 Å². The maximum atomic E-state index is 11.9. The van der Waals surface area contributed by atoms with Crippen LogP contribution in [0.15, 0.2) is 47.3 Å². The summed E-state index contributed by atoms with van der Waals surface area (Å²) in [4.78, 5) is 23.6. The molecule has 0 bridgehead atoms. The average molecular weight is 479 g/mol. The standard InChI is InChI=1S/C27H42O7/c1-7-8-15-24(29)33-20(4)16-19(3)25(30)18(2)13-11-9-10-12-14-22(28)17-23-21(5)26(31)27(6,32)34-23/h9-11,13,16,18,20,22,25,28,30,32H,7-8,12,14-15,17H2,1-6H3/b10-9+,13-11+,19-16+/t18-,20-,22-,25-,27?/m1/s1. The summed E-state index contributed by atoms with van der Waals surface area (Å²) in [5, 5.41) is 30.6. The van der Waals surface area contributed by atoms with Crippen LogP contribution in [0, 0.1) is 5.92 Å². The molecule has 0 aliphatic carbocycles. The van der Waals surface area contributed by atoms with Crippen molar-refractivity contribution in [3.63, 3.8) is 0 Å². The molecular weight excluding hydrogens is 436 g/mol. The van der Waals surface area contributed by atoms with Crippen molar-refractivity contribution in [2.75, 3.05) is 0 Å². The molecule has 192 valence electrons. The summed E-state index contributed by atoms with van der Waals surface area (Å²) in [6.45, 7) is 10.4. The summed E-state index contributed by atoms with van der Waals surface area (Å²) in [5.41, 5.74) is 1.10. The molecule has 3 N–H and O–H groups in total. The van der Waals surface area contributed by atoms with Crippen LogP contribution in [0.2, 0.25) is 0 Å². The molecule has 7 nitrogen and oxygen atoms in total. The summed E-state index contributed by atoms with van der Waals surface area (Å²) < 4.78 is 10.6. The Morgan fingerprint density at radius 3 is 2.50 bits per heavy atom. The number of ketones is 1. The summed E-state index contributed by atoms with van der Waals surface area (Å²) in [6, 6.07) is 0. The van der Waals surface area contributed by atoms with E-state index in [0.717, 1.165) is 18.4 Å². The first kappa shape index (κ1) is 29.8. The maximum Gasteiger partial charge on any atom is 0.306 e. The van der Waals surface area contributed by atoms with Crippen LogP contribution < -0.4 is 0 Å². The minimum Gasteiger partial charge on any atom is -0.459 e. The van der Waals surface area contributed by atoms with Gasteiger partial charge in [-0.2, -0.15) is 0 Å². The molecule has 0 aromatic rings. The van der Waals surface area contributed by atoms with Crippen molar-refractivity contribution < 1.29 is 34.4 Å². The number of esters is 1. The smallest absolute Gasteiger partial charge is 0.306 e. The van der Waals surface area contributed by atoms with Gasteiger partial charge in [-0.05, 0) is 51.7 Å². The molecular formula is C27H42O7. The minimum absolute atomic E-state index is 0.130. The van der Waals surface area contributed by atoms with Gasteiger partial charge in [0.1, 0.15) is 11.9 Å². The van der Waals surface area contributed by atoms with Crippen LogP contribution in [-0.2, 0) is 19.1 Å². The number of ether oxygens (including phenoxy) is 2. The molecule has 5 atom stereocenters. The van der Waals surface area contributed by atoms with Crippen molar-refractivity contribution >= 4 is 11.8 Å². The predicted molar refractivity (Wildman–Crippen MR) is 132 cm³/mol. The largest absolute Gasteiger partial charge is 0.459 e. The summed E-state index contributed by atoms with van der Waals surface area (Å²) in [6.07, 6.45) is 11.0. The summed E-state index contributed by atoms with van der Waals surface area (Å²) >= 11 is 0. The molecule has 1 aliphatic rings. The molecule has 0 saturated heterocycles. The fraction of sp³-hybridized carbons (Fsp3) is 0.630. The van der Waals surface area contributed by atoms with Gasteiger partial charge < -0.3 is 24.8 Å². The lowest BCUT2D eigenvalue weighted by molar-refractivity contribution is -0.171. The molecule has 1 heterocycles. The quantitative estimate of drug-likeness (QED) is 0.194. The Morgan fingerprint density at radius 2 is 1.91 bits per heavy atom. The second kappa shape index (κ2) is 14.2. The zero-order valence-corrected chi connectivity index (χ0v) is 21.4. The Kier molecular flexibility index (Phi) is 12.5. The fourth-order valence-electron chi connectivity index (χ4n) is 3.66. The third-order valence-electron chi connectivity index (χ3n) is 5.77. The highest BCUT2D eigenvalue weighted by Crippen LogP contribution is 2.31. The zero-order valence-electron chi connectivity index (χ0n) is 21.4. The van der Waals surface area contributed by atoms with Gasteiger partial charge in [-0.1, -0.05) is 44.6 Å². The number of aliphatic hydroxyl groups excluding tert-OH is 2. The lowest BCUT2D eigenvalue weighted by Gasteiger charge is -2.18. The number of unbranched alkanes of at least 4 members (excludes halogenated alkanes) is 1. The van der Waals surface area contributed by atoms with Crippen LogP contribution in [0.3, 0.4) is 0 Å². The third kappa shape index (κ3) is 9.95. The van der Waals surface area contributed by atoms with E-state index in [2.05, 4.69) is 0 Å². The Morgan fingerprint density at radius 1 is 1.24 bits per heavy atom.